The van der Waals surface area contributed by atoms with E-state index in [-0.39, 0.29) is 22.6 Å². The van der Waals surface area contributed by atoms with Crippen molar-refractivity contribution in [2.45, 2.75) is 19.4 Å². The summed E-state index contributed by atoms with van der Waals surface area (Å²) >= 11 is 0. The van der Waals surface area contributed by atoms with Crippen molar-refractivity contribution in [3.63, 3.8) is 0 Å². The molecule has 0 rings (SSSR count). The molecule has 0 spiro atoms. The summed E-state index contributed by atoms with van der Waals surface area (Å²) in [5, 5.41) is 8.99. The van der Waals surface area contributed by atoms with E-state index in [1.165, 1.54) is 0 Å². The third kappa shape index (κ3) is 8.41. The van der Waals surface area contributed by atoms with Gasteiger partial charge in [-0.1, -0.05) is 6.92 Å². The van der Waals surface area contributed by atoms with Gasteiger partial charge in [-0.15, -0.1) is 0 Å². The molecule has 0 aliphatic heterocycles. The van der Waals surface area contributed by atoms with Crippen LogP contribution in [0.5, 0.6) is 0 Å². The van der Waals surface area contributed by atoms with Crippen LogP contribution in [0.15, 0.2) is 0 Å². The van der Waals surface area contributed by atoms with E-state index in [1.807, 2.05) is 25.9 Å². The van der Waals surface area contributed by atoms with Gasteiger partial charge in [0, 0.05) is 23.0 Å². The molecule has 0 heterocycles. The van der Waals surface area contributed by atoms with Crippen LogP contribution in [0.3, 0.4) is 0 Å². The van der Waals surface area contributed by atoms with E-state index >= 15 is 0 Å². The molecule has 0 aromatic heterocycles. The molecular formula is C6H15NNiO. The Hall–Kier alpha value is 0.414. The van der Waals surface area contributed by atoms with Crippen molar-refractivity contribution in [1.82, 2.24) is 4.90 Å². The summed E-state index contributed by atoms with van der Waals surface area (Å²) in [6.07, 6.45) is 0.697. The average Bonchev–Trinajstić information content (AvgIpc) is 1.65. The zero-order valence-electron chi connectivity index (χ0n) is 6.20. The van der Waals surface area contributed by atoms with Crippen LogP contribution in [-0.2, 0) is 16.5 Å². The van der Waals surface area contributed by atoms with Crippen LogP contribution in [0, 0.1) is 0 Å². The van der Waals surface area contributed by atoms with Gasteiger partial charge in [-0.05, 0) is 20.5 Å². The van der Waals surface area contributed by atoms with Gasteiger partial charge in [0.1, 0.15) is 0 Å². The standard InChI is InChI=1S/C6H15NO.Ni/c1-4-6(8)5-7(2)3;/h6,8H,4-5H2,1-3H3;. The molecule has 0 aromatic rings. The maximum atomic E-state index is 8.99. The van der Waals surface area contributed by atoms with E-state index in [9.17, 15) is 0 Å². The Bertz CT molecular complexity index is 59.0. The van der Waals surface area contributed by atoms with Gasteiger partial charge >= 0.3 is 0 Å². The molecule has 0 bridgehead atoms. The first-order valence-corrected chi connectivity index (χ1v) is 2.99. The summed E-state index contributed by atoms with van der Waals surface area (Å²) < 4.78 is 0. The first kappa shape index (κ1) is 12.1. The van der Waals surface area contributed by atoms with Crippen molar-refractivity contribution in [3.8, 4) is 0 Å². The van der Waals surface area contributed by atoms with Gasteiger partial charge < -0.3 is 10.0 Å². The molecule has 1 unspecified atom stereocenters. The van der Waals surface area contributed by atoms with E-state index < -0.39 is 0 Å². The van der Waals surface area contributed by atoms with Crippen molar-refractivity contribution in [2.75, 3.05) is 20.6 Å². The van der Waals surface area contributed by atoms with Gasteiger partial charge in [0.25, 0.3) is 0 Å². The van der Waals surface area contributed by atoms with Crippen molar-refractivity contribution in [1.29, 1.82) is 0 Å². The van der Waals surface area contributed by atoms with Crippen LogP contribution in [0.2, 0.25) is 0 Å². The fraction of sp³-hybridized carbons (Fsp3) is 1.00. The molecule has 1 N–H and O–H groups in total. The van der Waals surface area contributed by atoms with Gasteiger partial charge in [-0.3, -0.25) is 0 Å². The molecule has 1 atom stereocenters. The minimum Gasteiger partial charge on any atom is -0.392 e. The molecule has 60 valence electrons. The van der Waals surface area contributed by atoms with Crippen LogP contribution in [0.1, 0.15) is 13.3 Å². The molecule has 0 saturated carbocycles. The van der Waals surface area contributed by atoms with Gasteiger partial charge in [-0.25, -0.2) is 0 Å². The van der Waals surface area contributed by atoms with E-state index in [1.54, 1.807) is 0 Å². The molecular weight excluding hydrogens is 161 g/mol. The van der Waals surface area contributed by atoms with Crippen LogP contribution in [0.25, 0.3) is 0 Å². The van der Waals surface area contributed by atoms with E-state index in [4.69, 9.17) is 5.11 Å². The third-order valence-corrected chi connectivity index (χ3v) is 1.05. The topological polar surface area (TPSA) is 23.5 Å². The second-order valence-corrected chi connectivity index (χ2v) is 2.32. The van der Waals surface area contributed by atoms with Gasteiger partial charge in [0.05, 0.1) is 6.10 Å². The fourth-order valence-electron chi connectivity index (χ4n) is 0.551. The predicted octanol–water partition coefficient (Wildman–Crippen LogP) is 0.316. The second-order valence-electron chi connectivity index (χ2n) is 2.32. The first-order chi connectivity index (χ1) is 3.66. The zero-order valence-corrected chi connectivity index (χ0v) is 7.19. The van der Waals surface area contributed by atoms with Gasteiger partial charge in [0.2, 0.25) is 0 Å². The van der Waals surface area contributed by atoms with Crippen LogP contribution in [0.4, 0.5) is 0 Å². The second kappa shape index (κ2) is 6.53. The maximum Gasteiger partial charge on any atom is 0.0664 e. The molecule has 0 aliphatic carbocycles. The van der Waals surface area contributed by atoms with Crippen molar-refractivity contribution in [2.24, 2.45) is 0 Å². The van der Waals surface area contributed by atoms with Crippen molar-refractivity contribution >= 4 is 0 Å². The minimum atomic E-state index is -0.148. The monoisotopic (exact) mass is 175 g/mol. The quantitative estimate of drug-likeness (QED) is 0.625. The number of aliphatic hydroxyl groups excluding tert-OH is 1. The van der Waals surface area contributed by atoms with E-state index in [0.717, 1.165) is 13.0 Å². The van der Waals surface area contributed by atoms with Crippen LogP contribution < -0.4 is 0 Å². The summed E-state index contributed by atoms with van der Waals surface area (Å²) in [5.74, 6) is 0. The largest absolute Gasteiger partial charge is 0.392 e. The van der Waals surface area contributed by atoms with E-state index in [0.29, 0.717) is 0 Å². The number of hydrogen-bond acceptors (Lipinski definition) is 2. The number of rotatable bonds is 3. The normalized spacial score (nSPS) is 13.0. The number of hydrogen-bond donors (Lipinski definition) is 1. The Morgan fingerprint density at radius 1 is 1.44 bits per heavy atom. The van der Waals surface area contributed by atoms with Crippen LogP contribution >= 0.6 is 0 Å². The molecule has 0 saturated heterocycles. The summed E-state index contributed by atoms with van der Waals surface area (Å²) in [7, 11) is 3.91. The molecule has 0 aromatic carbocycles. The smallest absolute Gasteiger partial charge is 0.0664 e. The Morgan fingerprint density at radius 3 is 2.00 bits per heavy atom. The first-order valence-electron chi connectivity index (χ1n) is 2.99. The van der Waals surface area contributed by atoms with Crippen molar-refractivity contribution < 1.29 is 21.6 Å². The molecule has 2 nitrogen and oxygen atoms in total. The summed E-state index contributed by atoms with van der Waals surface area (Å²) in [4.78, 5) is 1.98. The van der Waals surface area contributed by atoms with E-state index in [2.05, 4.69) is 0 Å². The molecule has 3 heteroatoms. The fourth-order valence-corrected chi connectivity index (χ4v) is 0.551. The molecule has 9 heavy (non-hydrogen) atoms. The molecule has 0 amide bonds. The van der Waals surface area contributed by atoms with Gasteiger partial charge in [-0.2, -0.15) is 0 Å². The zero-order chi connectivity index (χ0) is 6.57. The minimum absolute atomic E-state index is 0. The van der Waals surface area contributed by atoms with Gasteiger partial charge in [0.15, 0.2) is 0 Å². The Kier molecular flexibility index (Phi) is 8.80. The summed E-state index contributed by atoms with van der Waals surface area (Å²) in [5.41, 5.74) is 0. The molecule has 0 fully saturated rings. The number of aliphatic hydroxyl groups is 1. The van der Waals surface area contributed by atoms with Crippen LogP contribution in [-0.4, -0.2) is 36.8 Å². The Morgan fingerprint density at radius 2 is 1.89 bits per heavy atom. The van der Waals surface area contributed by atoms with Crippen molar-refractivity contribution in [3.05, 3.63) is 0 Å². The Labute approximate surface area is 67.2 Å². The number of nitrogens with zero attached hydrogens (tertiary/aromatic N) is 1. The predicted molar refractivity (Wildman–Crippen MR) is 34.9 cm³/mol. The molecule has 0 radical (unpaired) electrons. The maximum absolute atomic E-state index is 8.99. The summed E-state index contributed by atoms with van der Waals surface area (Å²) in [6, 6.07) is 0. The number of likely N-dealkylation sites (N-methyl/N-ethyl adjacent to an activating group) is 1. The SMILES string of the molecule is CCC(O)CN(C)C.[Ni]. The molecule has 0 aliphatic rings. The summed E-state index contributed by atoms with van der Waals surface area (Å²) in [6.45, 7) is 2.75. The Balaban J connectivity index is 0. The third-order valence-electron chi connectivity index (χ3n) is 1.05. The average molecular weight is 176 g/mol.